The van der Waals surface area contributed by atoms with Crippen molar-refractivity contribution in [2.24, 2.45) is 5.73 Å². The Morgan fingerprint density at radius 1 is 1.00 bits per heavy atom. The van der Waals surface area contributed by atoms with Crippen LogP contribution < -0.4 is 5.73 Å². The van der Waals surface area contributed by atoms with Crippen LogP contribution in [0.3, 0.4) is 0 Å². The van der Waals surface area contributed by atoms with Gasteiger partial charge in [0.05, 0.1) is 11.7 Å². The van der Waals surface area contributed by atoms with Gasteiger partial charge in [0.25, 0.3) is 5.91 Å². The average molecular weight is 258 g/mol. The van der Waals surface area contributed by atoms with Gasteiger partial charge in [0, 0.05) is 6.20 Å². The topological polar surface area (TPSA) is 81.8 Å². The molecule has 0 saturated heterocycles. The fourth-order valence-corrected chi connectivity index (χ4v) is 1.76. The largest absolute Gasteiger partial charge is 0.364 e. The lowest BCUT2D eigenvalue weighted by Crippen LogP contribution is -2.12. The Morgan fingerprint density at radius 2 is 1.61 bits per heavy atom. The number of pyridine rings is 1. The van der Waals surface area contributed by atoms with Gasteiger partial charge >= 0.3 is 0 Å². The third kappa shape index (κ3) is 3.08. The van der Waals surface area contributed by atoms with Gasteiger partial charge in [-0.2, -0.15) is 8.75 Å². The molecule has 2 N–H and O–H groups in total. The Hall–Kier alpha value is -2.34. The van der Waals surface area contributed by atoms with E-state index in [1.165, 1.54) is 17.9 Å². The zero-order valence-corrected chi connectivity index (χ0v) is 10.2. The van der Waals surface area contributed by atoms with E-state index >= 15 is 0 Å². The zero-order valence-electron chi connectivity index (χ0n) is 9.35. The minimum absolute atomic E-state index is 0.303. The highest BCUT2D eigenvalue weighted by Crippen LogP contribution is 2.08. The predicted molar refractivity (Wildman–Crippen MR) is 70.2 cm³/mol. The number of nitrogens with two attached hydrogens (primary N) is 1. The van der Waals surface area contributed by atoms with Gasteiger partial charge in [0.1, 0.15) is 16.7 Å². The lowest BCUT2D eigenvalue weighted by molar-refractivity contribution is 0.0995. The molecule has 0 spiro atoms. The summed E-state index contributed by atoms with van der Waals surface area (Å²) in [4.78, 5) is 14.1. The zero-order chi connectivity index (χ0) is 12.8. The Morgan fingerprint density at radius 3 is 2.06 bits per heavy atom. The van der Waals surface area contributed by atoms with Gasteiger partial charge in [0.2, 0.25) is 0 Å². The molecule has 0 aliphatic heterocycles. The summed E-state index contributed by atoms with van der Waals surface area (Å²) in [6.45, 7) is 0. The minimum Gasteiger partial charge on any atom is -0.364 e. The number of carbonyl (C=O) groups is 1. The molecular formula is C12H10N4OS. The van der Waals surface area contributed by atoms with Crippen LogP contribution in [0.15, 0.2) is 48.7 Å². The van der Waals surface area contributed by atoms with Crippen molar-refractivity contribution in [3.63, 3.8) is 0 Å². The summed E-state index contributed by atoms with van der Waals surface area (Å²) in [6, 6.07) is 12.9. The van der Waals surface area contributed by atoms with Crippen LogP contribution in [0.5, 0.6) is 0 Å². The maximum Gasteiger partial charge on any atom is 0.267 e. The van der Waals surface area contributed by atoms with E-state index in [1.807, 2.05) is 24.3 Å². The summed E-state index contributed by atoms with van der Waals surface area (Å²) >= 11 is 1.25. The number of rotatable bonds is 1. The maximum atomic E-state index is 10.4. The quantitative estimate of drug-likeness (QED) is 0.722. The van der Waals surface area contributed by atoms with E-state index in [1.54, 1.807) is 18.2 Å². The van der Waals surface area contributed by atoms with E-state index in [-0.39, 0.29) is 0 Å². The Balaban J connectivity index is 0.000000134. The summed E-state index contributed by atoms with van der Waals surface area (Å²) in [5.41, 5.74) is 7.19. The smallest absolute Gasteiger partial charge is 0.267 e. The molecule has 0 aliphatic rings. The molecule has 0 fully saturated rings. The van der Waals surface area contributed by atoms with E-state index < -0.39 is 5.91 Å². The molecule has 5 nitrogen and oxygen atoms in total. The number of hydrogen-bond donors (Lipinski definition) is 1. The molecule has 0 unspecified atom stereocenters. The van der Waals surface area contributed by atoms with E-state index in [0.29, 0.717) is 5.69 Å². The first-order chi connectivity index (χ1) is 8.77. The highest BCUT2D eigenvalue weighted by atomic mass is 32.1. The number of aromatic nitrogens is 3. The number of amides is 1. The van der Waals surface area contributed by atoms with Crippen molar-refractivity contribution >= 4 is 28.7 Å². The summed E-state index contributed by atoms with van der Waals surface area (Å²) in [7, 11) is 0. The summed E-state index contributed by atoms with van der Waals surface area (Å²) in [5.74, 6) is -0.490. The third-order valence-electron chi connectivity index (χ3n) is 2.08. The van der Waals surface area contributed by atoms with Gasteiger partial charge in [-0.15, -0.1) is 0 Å². The predicted octanol–water partition coefficient (Wildman–Crippen LogP) is 1.87. The van der Waals surface area contributed by atoms with Crippen molar-refractivity contribution in [3.05, 3.63) is 54.4 Å². The fourth-order valence-electron chi connectivity index (χ4n) is 1.24. The van der Waals surface area contributed by atoms with Gasteiger partial charge < -0.3 is 5.73 Å². The summed E-state index contributed by atoms with van der Waals surface area (Å²) in [5, 5.41) is 0. The normalized spacial score (nSPS) is 9.56. The van der Waals surface area contributed by atoms with Crippen LogP contribution in [0.4, 0.5) is 0 Å². The van der Waals surface area contributed by atoms with Gasteiger partial charge in [-0.3, -0.25) is 9.78 Å². The van der Waals surface area contributed by atoms with Gasteiger partial charge in [-0.25, -0.2) is 0 Å². The molecule has 0 atom stereocenters. The van der Waals surface area contributed by atoms with Crippen molar-refractivity contribution in [2.75, 3.05) is 0 Å². The van der Waals surface area contributed by atoms with Crippen molar-refractivity contribution in [1.29, 1.82) is 0 Å². The van der Waals surface area contributed by atoms with Crippen molar-refractivity contribution in [3.8, 4) is 0 Å². The van der Waals surface area contributed by atoms with Crippen molar-refractivity contribution in [1.82, 2.24) is 13.7 Å². The summed E-state index contributed by atoms with van der Waals surface area (Å²) < 4.78 is 8.10. The van der Waals surface area contributed by atoms with Crippen molar-refractivity contribution in [2.45, 2.75) is 0 Å². The van der Waals surface area contributed by atoms with Crippen LogP contribution in [0.2, 0.25) is 0 Å². The standard InChI is InChI=1S/C6H6N2O.C6H4N2S/c7-6(9)5-3-1-2-4-8-5;1-2-4-6-5(3-1)7-9-8-6/h1-4H,(H2,7,9);1-4H. The molecule has 2 heterocycles. The minimum atomic E-state index is -0.490. The molecule has 0 radical (unpaired) electrons. The van der Waals surface area contributed by atoms with E-state index in [4.69, 9.17) is 5.73 Å². The molecular weight excluding hydrogens is 248 g/mol. The van der Waals surface area contributed by atoms with Crippen LogP contribution in [-0.2, 0) is 0 Å². The first kappa shape index (κ1) is 12.1. The number of hydrogen-bond acceptors (Lipinski definition) is 5. The molecule has 2 aromatic heterocycles. The number of carbonyl (C=O) groups excluding carboxylic acids is 1. The molecule has 3 rings (SSSR count). The average Bonchev–Trinajstić information content (AvgIpc) is 2.89. The van der Waals surface area contributed by atoms with Gasteiger partial charge in [-0.1, -0.05) is 18.2 Å². The van der Waals surface area contributed by atoms with E-state index in [9.17, 15) is 4.79 Å². The van der Waals surface area contributed by atoms with Gasteiger partial charge in [0.15, 0.2) is 0 Å². The second-order valence-electron chi connectivity index (χ2n) is 3.33. The number of nitrogens with zero attached hydrogens (tertiary/aromatic N) is 3. The first-order valence-corrected chi connectivity index (χ1v) is 5.88. The molecule has 0 aliphatic carbocycles. The summed E-state index contributed by atoms with van der Waals surface area (Å²) in [6.07, 6.45) is 1.53. The molecule has 0 bridgehead atoms. The van der Waals surface area contributed by atoms with E-state index in [0.717, 1.165) is 11.0 Å². The van der Waals surface area contributed by atoms with Gasteiger partial charge in [-0.05, 0) is 24.3 Å². The van der Waals surface area contributed by atoms with Crippen LogP contribution in [0.25, 0.3) is 11.0 Å². The Kier molecular flexibility index (Phi) is 3.93. The number of benzene rings is 1. The molecule has 1 amide bonds. The molecule has 6 heteroatoms. The third-order valence-corrected chi connectivity index (χ3v) is 2.63. The lowest BCUT2D eigenvalue weighted by atomic mass is 10.3. The number of fused-ring (bicyclic) bond motifs is 1. The molecule has 0 saturated carbocycles. The second kappa shape index (κ2) is 5.83. The second-order valence-corrected chi connectivity index (χ2v) is 3.86. The van der Waals surface area contributed by atoms with Crippen molar-refractivity contribution < 1.29 is 4.79 Å². The van der Waals surface area contributed by atoms with Crippen LogP contribution in [0, 0.1) is 0 Å². The SMILES string of the molecule is NC(=O)c1ccccn1.c1ccc2nsnc2c1. The fraction of sp³-hybridized carbons (Fsp3) is 0. The van der Waals surface area contributed by atoms with Crippen LogP contribution >= 0.6 is 11.7 Å². The lowest BCUT2D eigenvalue weighted by Gasteiger charge is -1.88. The first-order valence-electron chi connectivity index (χ1n) is 5.15. The van der Waals surface area contributed by atoms with Crippen LogP contribution in [0.1, 0.15) is 10.5 Å². The Bertz CT molecular complexity index is 608. The Labute approximate surface area is 108 Å². The highest BCUT2D eigenvalue weighted by molar-refractivity contribution is 7.00. The molecule has 90 valence electrons. The monoisotopic (exact) mass is 258 g/mol. The van der Waals surface area contributed by atoms with E-state index in [2.05, 4.69) is 13.7 Å². The number of primary amides is 1. The van der Waals surface area contributed by atoms with Crippen LogP contribution in [-0.4, -0.2) is 19.6 Å². The molecule has 3 aromatic rings. The highest BCUT2D eigenvalue weighted by Gasteiger charge is 1.96. The maximum absolute atomic E-state index is 10.4. The molecule has 18 heavy (non-hydrogen) atoms. The molecule has 1 aromatic carbocycles.